The van der Waals surface area contributed by atoms with E-state index in [1.807, 2.05) is 54.6 Å². The average molecular weight is 540 g/mol. The van der Waals surface area contributed by atoms with Crippen molar-refractivity contribution in [2.75, 3.05) is 0 Å². The van der Waals surface area contributed by atoms with Crippen LogP contribution in [0.4, 0.5) is 0 Å². The summed E-state index contributed by atoms with van der Waals surface area (Å²) in [6.45, 7) is 0. The second-order valence-electron chi connectivity index (χ2n) is 9.89. The lowest BCUT2D eigenvalue weighted by Crippen LogP contribution is -2.48. The van der Waals surface area contributed by atoms with Crippen LogP contribution >= 0.6 is 0 Å². The van der Waals surface area contributed by atoms with Gasteiger partial charge in [0.05, 0.1) is 21.9 Å². The van der Waals surface area contributed by atoms with E-state index in [-0.39, 0.29) is 28.9 Å². The van der Waals surface area contributed by atoms with Crippen LogP contribution < -0.4 is 10.4 Å². The lowest BCUT2D eigenvalue weighted by Gasteiger charge is -2.25. The molecule has 2 amide bonds. The SMILES string of the molecule is O=C(Oc1cc2ccccc2c2oc(=O)c3ccccc3c12)[C@H](Cc1ccccc1)N1C(=O)c2ccccc2C1=O. The van der Waals surface area contributed by atoms with Gasteiger partial charge < -0.3 is 9.15 Å². The molecular weight excluding hydrogens is 518 g/mol. The molecule has 0 spiro atoms. The van der Waals surface area contributed by atoms with E-state index in [0.29, 0.717) is 26.9 Å². The molecule has 0 fully saturated rings. The normalized spacial score (nSPS) is 13.6. The number of imide groups is 1. The average Bonchev–Trinajstić information content (AvgIpc) is 3.25. The van der Waals surface area contributed by atoms with Crippen LogP contribution in [0.3, 0.4) is 0 Å². The molecule has 41 heavy (non-hydrogen) atoms. The lowest BCUT2D eigenvalue weighted by molar-refractivity contribution is -0.138. The van der Waals surface area contributed by atoms with Crippen molar-refractivity contribution in [1.29, 1.82) is 0 Å². The van der Waals surface area contributed by atoms with E-state index in [2.05, 4.69) is 0 Å². The minimum absolute atomic E-state index is 0.0620. The number of carbonyl (C=O) groups is 3. The zero-order chi connectivity index (χ0) is 28.1. The Morgan fingerprint density at radius 3 is 2.00 bits per heavy atom. The summed E-state index contributed by atoms with van der Waals surface area (Å²) < 4.78 is 11.9. The summed E-state index contributed by atoms with van der Waals surface area (Å²) in [6, 6.07) is 30.4. The van der Waals surface area contributed by atoms with E-state index in [4.69, 9.17) is 9.15 Å². The summed E-state index contributed by atoms with van der Waals surface area (Å²) in [5, 5.41) is 2.74. The van der Waals surface area contributed by atoms with Crippen molar-refractivity contribution >= 4 is 50.3 Å². The van der Waals surface area contributed by atoms with Gasteiger partial charge in [-0.15, -0.1) is 0 Å². The lowest BCUT2D eigenvalue weighted by atomic mass is 10.0. The first-order valence-corrected chi connectivity index (χ1v) is 13.1. The third-order valence-electron chi connectivity index (χ3n) is 7.47. The van der Waals surface area contributed by atoms with Crippen molar-refractivity contribution in [3.05, 3.63) is 136 Å². The summed E-state index contributed by atoms with van der Waals surface area (Å²) in [6.07, 6.45) is 0.0620. The van der Waals surface area contributed by atoms with Crippen molar-refractivity contribution in [2.24, 2.45) is 0 Å². The first kappa shape index (κ1) is 24.5. The monoisotopic (exact) mass is 539 g/mol. The third-order valence-corrected chi connectivity index (χ3v) is 7.47. The summed E-state index contributed by atoms with van der Waals surface area (Å²) >= 11 is 0. The van der Waals surface area contributed by atoms with Crippen LogP contribution in [0.5, 0.6) is 5.75 Å². The highest BCUT2D eigenvalue weighted by molar-refractivity contribution is 6.23. The van der Waals surface area contributed by atoms with E-state index in [9.17, 15) is 19.2 Å². The third kappa shape index (κ3) is 3.98. The molecule has 0 N–H and O–H groups in total. The molecule has 0 radical (unpaired) electrons. The van der Waals surface area contributed by atoms with Crippen LogP contribution in [0.2, 0.25) is 0 Å². The van der Waals surface area contributed by atoms with Crippen molar-refractivity contribution < 1.29 is 23.5 Å². The number of nitrogens with zero attached hydrogens (tertiary/aromatic N) is 1. The number of carbonyl (C=O) groups excluding carboxylic acids is 3. The molecule has 1 aromatic heterocycles. The van der Waals surface area contributed by atoms with Crippen LogP contribution in [0.25, 0.3) is 32.5 Å². The Balaban J connectivity index is 1.39. The fourth-order valence-corrected chi connectivity index (χ4v) is 5.54. The molecule has 1 aliphatic heterocycles. The van der Waals surface area contributed by atoms with E-state index < -0.39 is 29.5 Å². The molecule has 0 saturated carbocycles. The number of hydrogen-bond donors (Lipinski definition) is 0. The fraction of sp³-hybridized carbons (Fsp3) is 0.0588. The van der Waals surface area contributed by atoms with Crippen molar-refractivity contribution in [3.8, 4) is 5.75 Å². The highest BCUT2D eigenvalue weighted by Gasteiger charge is 2.43. The molecule has 198 valence electrons. The van der Waals surface area contributed by atoms with Crippen molar-refractivity contribution in [2.45, 2.75) is 12.5 Å². The van der Waals surface area contributed by atoms with Crippen molar-refractivity contribution in [1.82, 2.24) is 4.90 Å². The zero-order valence-corrected chi connectivity index (χ0v) is 21.6. The van der Waals surface area contributed by atoms with E-state index in [1.54, 1.807) is 54.6 Å². The van der Waals surface area contributed by atoms with Gasteiger partial charge in [-0.1, -0.05) is 84.9 Å². The Kier molecular flexibility index (Phi) is 5.71. The Morgan fingerprint density at radius 2 is 1.29 bits per heavy atom. The number of rotatable bonds is 5. The number of benzene rings is 5. The van der Waals surface area contributed by atoms with Crippen LogP contribution in [0.1, 0.15) is 26.3 Å². The maximum Gasteiger partial charge on any atom is 0.344 e. The summed E-state index contributed by atoms with van der Waals surface area (Å²) in [4.78, 5) is 54.8. The van der Waals surface area contributed by atoms with Gasteiger partial charge in [0, 0.05) is 17.2 Å². The van der Waals surface area contributed by atoms with Gasteiger partial charge in [-0.25, -0.2) is 9.59 Å². The number of fused-ring (bicyclic) bond motifs is 6. The molecule has 5 aromatic carbocycles. The molecule has 7 nitrogen and oxygen atoms in total. The Morgan fingerprint density at radius 1 is 0.707 bits per heavy atom. The van der Waals surface area contributed by atoms with E-state index in [0.717, 1.165) is 10.5 Å². The number of hydrogen-bond acceptors (Lipinski definition) is 6. The second-order valence-corrected chi connectivity index (χ2v) is 9.89. The molecule has 1 aliphatic rings. The van der Waals surface area contributed by atoms with Crippen molar-refractivity contribution in [3.63, 3.8) is 0 Å². The van der Waals surface area contributed by atoms with Crippen LogP contribution in [-0.4, -0.2) is 28.7 Å². The predicted molar refractivity (Wildman–Crippen MR) is 154 cm³/mol. The standard InChI is InChI=1S/C34H21NO6/c36-31-24-15-7-8-16-25(24)32(37)35(31)27(18-20-10-2-1-3-11-20)34(39)40-28-19-21-12-4-5-13-22(21)30-29(28)23-14-6-9-17-26(23)33(38)41-30/h1-17,19,27H,18H2/t27-/m0/s1. The molecular formula is C34H21NO6. The summed E-state index contributed by atoms with van der Waals surface area (Å²) in [5.41, 5.74) is 1.02. The molecule has 7 rings (SSSR count). The van der Waals surface area contributed by atoms with Gasteiger partial charge in [-0.3, -0.25) is 14.5 Å². The van der Waals surface area contributed by atoms with E-state index >= 15 is 0 Å². The van der Waals surface area contributed by atoms with Crippen LogP contribution in [-0.2, 0) is 11.2 Å². The van der Waals surface area contributed by atoms with E-state index in [1.165, 1.54) is 0 Å². The van der Waals surface area contributed by atoms with Crippen LogP contribution in [0.15, 0.2) is 118 Å². The van der Waals surface area contributed by atoms with Gasteiger partial charge in [0.2, 0.25) is 0 Å². The molecule has 0 saturated heterocycles. The summed E-state index contributed by atoms with van der Waals surface area (Å²) in [7, 11) is 0. The second kappa shape index (κ2) is 9.57. The highest BCUT2D eigenvalue weighted by Crippen LogP contribution is 2.38. The largest absolute Gasteiger partial charge is 0.424 e. The minimum Gasteiger partial charge on any atom is -0.424 e. The molecule has 0 bridgehead atoms. The van der Waals surface area contributed by atoms with Gasteiger partial charge in [-0.2, -0.15) is 0 Å². The Bertz CT molecular complexity index is 2060. The fourth-order valence-electron chi connectivity index (χ4n) is 5.54. The van der Waals surface area contributed by atoms with Gasteiger partial charge in [-0.05, 0) is 35.2 Å². The maximum atomic E-state index is 14.1. The first-order chi connectivity index (χ1) is 20.0. The molecule has 7 heteroatoms. The first-order valence-electron chi connectivity index (χ1n) is 13.1. The van der Waals surface area contributed by atoms with Gasteiger partial charge in [0.25, 0.3) is 11.8 Å². The quantitative estimate of drug-likeness (QED) is 0.0889. The number of esters is 1. The number of amides is 2. The summed E-state index contributed by atoms with van der Waals surface area (Å²) in [5.74, 6) is -1.72. The smallest absolute Gasteiger partial charge is 0.344 e. The zero-order valence-electron chi connectivity index (χ0n) is 21.6. The maximum absolute atomic E-state index is 14.1. The number of ether oxygens (including phenoxy) is 1. The molecule has 6 aromatic rings. The Hall–Kier alpha value is -5.56. The van der Waals surface area contributed by atoms with Gasteiger partial charge >= 0.3 is 11.6 Å². The highest BCUT2D eigenvalue weighted by atomic mass is 16.5. The minimum atomic E-state index is -1.24. The Labute approximate surface area is 233 Å². The van der Waals surface area contributed by atoms with Gasteiger partial charge in [0.1, 0.15) is 11.8 Å². The van der Waals surface area contributed by atoms with Gasteiger partial charge in [0.15, 0.2) is 5.58 Å². The molecule has 1 atom stereocenters. The topological polar surface area (TPSA) is 93.9 Å². The molecule has 0 unspecified atom stereocenters. The predicted octanol–water partition coefficient (Wildman–Crippen LogP) is 5.91. The van der Waals surface area contributed by atoms with Crippen LogP contribution in [0, 0.1) is 0 Å². The molecule has 2 heterocycles. The molecule has 0 aliphatic carbocycles.